The first-order valence-corrected chi connectivity index (χ1v) is 6.67. The summed E-state index contributed by atoms with van der Waals surface area (Å²) in [6.45, 7) is 3.60. The third-order valence-electron chi connectivity index (χ3n) is 3.64. The van der Waals surface area contributed by atoms with Crippen LogP contribution >= 0.6 is 11.6 Å². The minimum absolute atomic E-state index is 0.0323. The highest BCUT2D eigenvalue weighted by molar-refractivity contribution is 6.30. The molecule has 2 nitrogen and oxygen atoms in total. The number of ketones is 1. The van der Waals surface area contributed by atoms with E-state index in [2.05, 4.69) is 12.2 Å². The zero-order valence-electron chi connectivity index (χ0n) is 10.4. The van der Waals surface area contributed by atoms with Crippen LogP contribution in [0.2, 0.25) is 5.02 Å². The van der Waals surface area contributed by atoms with Crippen molar-refractivity contribution >= 4 is 17.4 Å². The summed E-state index contributed by atoms with van der Waals surface area (Å²) in [7, 11) is 0. The highest BCUT2D eigenvalue weighted by atomic mass is 35.5. The number of carbonyl (C=O) groups excluding carboxylic acids is 1. The third kappa shape index (κ3) is 2.43. The van der Waals surface area contributed by atoms with Gasteiger partial charge in [-0.15, -0.1) is 0 Å². The van der Waals surface area contributed by atoms with Crippen LogP contribution in [0.4, 0.5) is 4.39 Å². The summed E-state index contributed by atoms with van der Waals surface area (Å²) < 4.78 is 13.4. The standard InChI is InChI=1S/C14H17ClFNO/c1-2-5-14(6-7-17-9-14)13(18)10-3-4-11(15)12(16)8-10/h3-4,8,17H,2,5-7,9H2,1H3. The molecule has 1 N–H and O–H groups in total. The molecule has 1 atom stereocenters. The van der Waals surface area contributed by atoms with E-state index in [-0.39, 0.29) is 16.2 Å². The minimum atomic E-state index is -0.528. The van der Waals surface area contributed by atoms with Crippen LogP contribution in [0, 0.1) is 11.2 Å². The van der Waals surface area contributed by atoms with Crippen molar-refractivity contribution in [3.8, 4) is 0 Å². The molecule has 0 bridgehead atoms. The van der Waals surface area contributed by atoms with Crippen LogP contribution in [-0.2, 0) is 0 Å². The molecule has 1 aliphatic heterocycles. The van der Waals surface area contributed by atoms with Crippen molar-refractivity contribution in [2.45, 2.75) is 26.2 Å². The van der Waals surface area contributed by atoms with Gasteiger partial charge in [0.1, 0.15) is 5.82 Å². The van der Waals surface area contributed by atoms with E-state index in [0.717, 1.165) is 25.8 Å². The van der Waals surface area contributed by atoms with E-state index in [1.165, 1.54) is 12.1 Å². The Balaban J connectivity index is 2.30. The van der Waals surface area contributed by atoms with Gasteiger partial charge in [0.15, 0.2) is 5.78 Å². The highest BCUT2D eigenvalue weighted by Gasteiger charge is 2.40. The summed E-state index contributed by atoms with van der Waals surface area (Å²) in [5, 5.41) is 3.29. The van der Waals surface area contributed by atoms with Gasteiger partial charge in [0, 0.05) is 17.5 Å². The quantitative estimate of drug-likeness (QED) is 0.849. The van der Waals surface area contributed by atoms with E-state index in [1.54, 1.807) is 6.07 Å². The molecule has 98 valence electrons. The molecular formula is C14H17ClFNO. The lowest BCUT2D eigenvalue weighted by Gasteiger charge is -2.26. The summed E-state index contributed by atoms with van der Waals surface area (Å²) >= 11 is 5.64. The largest absolute Gasteiger partial charge is 0.316 e. The SMILES string of the molecule is CCCC1(C(=O)c2ccc(Cl)c(F)c2)CCNC1. The minimum Gasteiger partial charge on any atom is -0.316 e. The molecule has 2 rings (SSSR count). The Hall–Kier alpha value is -0.930. The molecule has 1 saturated heterocycles. The van der Waals surface area contributed by atoms with Gasteiger partial charge >= 0.3 is 0 Å². The van der Waals surface area contributed by atoms with Crippen LogP contribution in [-0.4, -0.2) is 18.9 Å². The zero-order chi connectivity index (χ0) is 13.2. The normalized spacial score (nSPS) is 23.3. The topological polar surface area (TPSA) is 29.1 Å². The number of carbonyl (C=O) groups is 1. The molecular weight excluding hydrogens is 253 g/mol. The first-order valence-electron chi connectivity index (χ1n) is 6.29. The molecule has 18 heavy (non-hydrogen) atoms. The van der Waals surface area contributed by atoms with E-state index in [0.29, 0.717) is 12.1 Å². The number of halogens is 2. The summed E-state index contributed by atoms with van der Waals surface area (Å²) in [4.78, 5) is 12.6. The molecule has 0 aliphatic carbocycles. The summed E-state index contributed by atoms with van der Waals surface area (Å²) in [6.07, 6.45) is 2.61. The smallest absolute Gasteiger partial charge is 0.170 e. The molecule has 0 saturated carbocycles. The van der Waals surface area contributed by atoms with Crippen molar-refractivity contribution < 1.29 is 9.18 Å². The highest BCUT2D eigenvalue weighted by Crippen LogP contribution is 2.35. The average Bonchev–Trinajstić information content (AvgIpc) is 2.82. The van der Waals surface area contributed by atoms with Crippen LogP contribution in [0.3, 0.4) is 0 Å². The van der Waals surface area contributed by atoms with Gasteiger partial charge in [0.2, 0.25) is 0 Å². The number of rotatable bonds is 4. The van der Waals surface area contributed by atoms with Gasteiger partial charge in [-0.25, -0.2) is 4.39 Å². The van der Waals surface area contributed by atoms with Crippen LogP contribution in [0.5, 0.6) is 0 Å². The van der Waals surface area contributed by atoms with E-state index < -0.39 is 5.82 Å². The molecule has 1 heterocycles. The van der Waals surface area contributed by atoms with E-state index >= 15 is 0 Å². The van der Waals surface area contributed by atoms with Crippen LogP contribution < -0.4 is 5.32 Å². The Labute approximate surface area is 112 Å². The van der Waals surface area contributed by atoms with Crippen molar-refractivity contribution in [2.75, 3.05) is 13.1 Å². The molecule has 1 unspecified atom stereocenters. The predicted molar refractivity (Wildman–Crippen MR) is 70.6 cm³/mol. The first-order chi connectivity index (χ1) is 8.59. The van der Waals surface area contributed by atoms with Crippen molar-refractivity contribution in [2.24, 2.45) is 5.41 Å². The van der Waals surface area contributed by atoms with E-state index in [9.17, 15) is 9.18 Å². The second kappa shape index (κ2) is 5.37. The van der Waals surface area contributed by atoms with E-state index in [1.807, 2.05) is 0 Å². The van der Waals surface area contributed by atoms with Crippen molar-refractivity contribution in [3.63, 3.8) is 0 Å². The number of hydrogen-bond donors (Lipinski definition) is 1. The van der Waals surface area contributed by atoms with Gasteiger partial charge in [-0.05, 0) is 37.6 Å². The summed E-state index contributed by atoms with van der Waals surface area (Å²) in [6, 6.07) is 4.32. The van der Waals surface area contributed by atoms with Gasteiger partial charge in [-0.2, -0.15) is 0 Å². The Morgan fingerprint density at radius 2 is 2.33 bits per heavy atom. The van der Waals surface area contributed by atoms with Gasteiger partial charge in [0.05, 0.1) is 5.02 Å². The molecule has 1 aromatic carbocycles. The fourth-order valence-corrected chi connectivity index (χ4v) is 2.80. The molecule has 4 heteroatoms. The Kier molecular flexibility index (Phi) is 4.03. The van der Waals surface area contributed by atoms with Crippen LogP contribution in [0.25, 0.3) is 0 Å². The maximum absolute atomic E-state index is 13.4. The van der Waals surface area contributed by atoms with Crippen molar-refractivity contribution in [3.05, 3.63) is 34.6 Å². The lowest BCUT2D eigenvalue weighted by molar-refractivity contribution is 0.0801. The molecule has 1 aliphatic rings. The maximum Gasteiger partial charge on any atom is 0.170 e. The molecule has 1 fully saturated rings. The zero-order valence-corrected chi connectivity index (χ0v) is 11.2. The molecule has 0 amide bonds. The van der Waals surface area contributed by atoms with Crippen LogP contribution in [0.1, 0.15) is 36.5 Å². The van der Waals surface area contributed by atoms with Gasteiger partial charge in [-0.3, -0.25) is 4.79 Å². The number of hydrogen-bond acceptors (Lipinski definition) is 2. The summed E-state index contributed by atoms with van der Waals surface area (Å²) in [5.74, 6) is -0.495. The fourth-order valence-electron chi connectivity index (χ4n) is 2.69. The fraction of sp³-hybridized carbons (Fsp3) is 0.500. The average molecular weight is 270 g/mol. The number of benzene rings is 1. The lowest BCUT2D eigenvalue weighted by atomic mass is 9.76. The second-order valence-corrected chi connectivity index (χ2v) is 5.32. The van der Waals surface area contributed by atoms with Gasteiger partial charge < -0.3 is 5.32 Å². The Morgan fingerprint density at radius 3 is 2.89 bits per heavy atom. The van der Waals surface area contributed by atoms with Gasteiger partial charge in [-0.1, -0.05) is 24.9 Å². The number of Topliss-reactive ketones (excluding diaryl/α,β-unsaturated/α-hetero) is 1. The monoisotopic (exact) mass is 269 g/mol. The maximum atomic E-state index is 13.4. The lowest BCUT2D eigenvalue weighted by Crippen LogP contribution is -2.33. The second-order valence-electron chi connectivity index (χ2n) is 4.92. The van der Waals surface area contributed by atoms with Crippen LogP contribution in [0.15, 0.2) is 18.2 Å². The third-order valence-corrected chi connectivity index (χ3v) is 3.94. The molecule has 0 aromatic heterocycles. The molecule has 0 spiro atoms. The predicted octanol–water partition coefficient (Wildman–Crippen LogP) is 3.44. The Bertz CT molecular complexity index is 455. The van der Waals surface area contributed by atoms with Crippen molar-refractivity contribution in [1.29, 1.82) is 0 Å². The Morgan fingerprint density at radius 1 is 1.56 bits per heavy atom. The molecule has 0 radical (unpaired) electrons. The van der Waals surface area contributed by atoms with Crippen molar-refractivity contribution in [1.82, 2.24) is 5.32 Å². The van der Waals surface area contributed by atoms with Gasteiger partial charge in [0.25, 0.3) is 0 Å². The molecule has 1 aromatic rings. The number of nitrogens with one attached hydrogen (secondary N) is 1. The summed E-state index contributed by atoms with van der Waals surface area (Å²) in [5.41, 5.74) is 0.0590. The van der Waals surface area contributed by atoms with E-state index in [4.69, 9.17) is 11.6 Å². The first kappa shape index (κ1) is 13.5.